The normalized spacial score (nSPS) is 11.3. The largest absolute Gasteiger partial charge is 0.367 e. The second-order valence-corrected chi connectivity index (χ2v) is 9.83. The van der Waals surface area contributed by atoms with E-state index in [2.05, 4.69) is 26.1 Å². The second kappa shape index (κ2) is 12.0. The maximum Gasteiger partial charge on any atom is 0.249 e. The Bertz CT molecular complexity index is 1120. The van der Waals surface area contributed by atoms with Crippen LogP contribution in [-0.2, 0) is 26.3 Å². The molecule has 35 heavy (non-hydrogen) atoms. The number of halogens is 1. The number of benzene rings is 2. The van der Waals surface area contributed by atoms with Crippen molar-refractivity contribution in [1.82, 2.24) is 14.7 Å². The fraction of sp³-hybridized carbons (Fsp3) is 0.370. The Balaban J connectivity index is 1.69. The fourth-order valence-corrected chi connectivity index (χ4v) is 3.58. The van der Waals surface area contributed by atoms with E-state index in [0.29, 0.717) is 24.0 Å². The van der Waals surface area contributed by atoms with Gasteiger partial charge in [-0.1, -0.05) is 69.6 Å². The lowest BCUT2D eigenvalue weighted by atomic mass is 9.92. The summed E-state index contributed by atoms with van der Waals surface area (Å²) in [6.45, 7) is 8.79. The average Bonchev–Trinajstić information content (AvgIpc) is 3.24. The molecule has 0 unspecified atom stereocenters. The van der Waals surface area contributed by atoms with E-state index in [1.807, 2.05) is 55.5 Å². The molecule has 3 aromatic rings. The van der Waals surface area contributed by atoms with Crippen molar-refractivity contribution >= 4 is 29.2 Å². The van der Waals surface area contributed by atoms with Gasteiger partial charge in [0, 0.05) is 23.0 Å². The molecule has 2 amide bonds. The van der Waals surface area contributed by atoms with Gasteiger partial charge in [0.1, 0.15) is 12.4 Å². The van der Waals surface area contributed by atoms with Gasteiger partial charge in [0.15, 0.2) is 0 Å². The second-order valence-electron chi connectivity index (χ2n) is 9.39. The van der Waals surface area contributed by atoms with Crippen LogP contribution in [0.15, 0.2) is 60.7 Å². The average molecular weight is 497 g/mol. The number of nitrogens with one attached hydrogen (secondary N) is 1. The van der Waals surface area contributed by atoms with Crippen LogP contribution in [0, 0.1) is 0 Å². The van der Waals surface area contributed by atoms with E-state index in [0.717, 1.165) is 23.4 Å². The van der Waals surface area contributed by atoms with E-state index < -0.39 is 0 Å². The zero-order valence-electron chi connectivity index (χ0n) is 20.8. The lowest BCUT2D eigenvalue weighted by molar-refractivity contribution is -0.139. The first kappa shape index (κ1) is 26.4. The zero-order valence-corrected chi connectivity index (χ0v) is 21.5. The molecule has 7 nitrogen and oxygen atoms in total. The first-order valence-corrected chi connectivity index (χ1v) is 12.1. The van der Waals surface area contributed by atoms with Crippen molar-refractivity contribution < 1.29 is 14.3 Å². The predicted octanol–water partition coefficient (Wildman–Crippen LogP) is 5.22. The van der Waals surface area contributed by atoms with E-state index in [-0.39, 0.29) is 30.4 Å². The summed E-state index contributed by atoms with van der Waals surface area (Å²) >= 11 is 6.04. The van der Waals surface area contributed by atoms with E-state index in [9.17, 15) is 9.59 Å². The van der Waals surface area contributed by atoms with Gasteiger partial charge in [-0.3, -0.25) is 9.59 Å². The van der Waals surface area contributed by atoms with Crippen LogP contribution < -0.4 is 5.32 Å². The molecule has 0 saturated heterocycles. The zero-order chi connectivity index (χ0) is 25.4. The van der Waals surface area contributed by atoms with Crippen LogP contribution in [-0.4, -0.2) is 46.2 Å². The molecule has 2 aromatic carbocycles. The first-order chi connectivity index (χ1) is 16.7. The van der Waals surface area contributed by atoms with Crippen LogP contribution in [0.2, 0.25) is 5.02 Å². The Morgan fingerprint density at radius 1 is 1.09 bits per heavy atom. The summed E-state index contributed by atoms with van der Waals surface area (Å²) in [6, 6.07) is 18.8. The predicted molar refractivity (Wildman–Crippen MR) is 139 cm³/mol. The Morgan fingerprint density at radius 3 is 2.40 bits per heavy atom. The molecule has 8 heteroatoms. The number of aromatic nitrogens is 2. The molecule has 0 aliphatic rings. The molecular formula is C27H33ClN4O3. The monoisotopic (exact) mass is 496 g/mol. The lowest BCUT2D eigenvalue weighted by Crippen LogP contribution is -2.40. The van der Waals surface area contributed by atoms with Gasteiger partial charge in [-0.15, -0.1) is 0 Å². The van der Waals surface area contributed by atoms with E-state index in [1.165, 1.54) is 4.90 Å². The Labute approximate surface area is 212 Å². The summed E-state index contributed by atoms with van der Waals surface area (Å²) in [5, 5.41) is 8.26. The number of carbonyl (C=O) groups is 2. The van der Waals surface area contributed by atoms with Crippen molar-refractivity contribution in [2.75, 3.05) is 25.0 Å². The van der Waals surface area contributed by atoms with Crippen molar-refractivity contribution in [1.29, 1.82) is 0 Å². The maximum atomic E-state index is 13.0. The van der Waals surface area contributed by atoms with Crippen LogP contribution in [0.5, 0.6) is 0 Å². The summed E-state index contributed by atoms with van der Waals surface area (Å²) in [4.78, 5) is 27.3. The highest BCUT2D eigenvalue weighted by atomic mass is 35.5. The van der Waals surface area contributed by atoms with Crippen LogP contribution >= 0.6 is 11.6 Å². The standard InChI is InChI=1S/C27H33ClN4O3/c1-5-15-31(26(34)19-35-18-20-9-7-6-8-10-20)17-25(33)29-24-16-23(27(2,3)4)30-32(24)22-13-11-21(28)12-14-22/h6-14,16H,5,15,17-19H2,1-4H3,(H,29,33). The van der Waals surface area contributed by atoms with E-state index >= 15 is 0 Å². The molecule has 0 saturated carbocycles. The Hall–Kier alpha value is -3.16. The van der Waals surface area contributed by atoms with E-state index in [1.54, 1.807) is 16.8 Å². The molecule has 0 atom stereocenters. The summed E-state index contributed by atoms with van der Waals surface area (Å²) in [6.07, 6.45) is 0.731. The van der Waals surface area contributed by atoms with Gasteiger partial charge in [-0.05, 0) is 36.2 Å². The van der Waals surface area contributed by atoms with Crippen LogP contribution in [0.25, 0.3) is 5.69 Å². The summed E-state index contributed by atoms with van der Waals surface area (Å²) < 4.78 is 7.27. The van der Waals surface area contributed by atoms with Crippen molar-refractivity contribution in [3.8, 4) is 5.69 Å². The van der Waals surface area contributed by atoms with Gasteiger partial charge in [0.25, 0.3) is 0 Å². The number of anilines is 1. The van der Waals surface area contributed by atoms with Crippen molar-refractivity contribution in [3.05, 3.63) is 76.9 Å². The number of ether oxygens (including phenoxy) is 1. The molecule has 1 aromatic heterocycles. The van der Waals surface area contributed by atoms with Crippen molar-refractivity contribution in [2.45, 2.75) is 46.1 Å². The fourth-order valence-electron chi connectivity index (χ4n) is 3.46. The molecule has 1 heterocycles. The molecular weight excluding hydrogens is 464 g/mol. The van der Waals surface area contributed by atoms with Gasteiger partial charge in [-0.25, -0.2) is 4.68 Å². The third-order valence-electron chi connectivity index (χ3n) is 5.33. The summed E-state index contributed by atoms with van der Waals surface area (Å²) in [5.74, 6) is 0.0106. The maximum absolute atomic E-state index is 13.0. The molecule has 0 radical (unpaired) electrons. The number of carbonyl (C=O) groups excluding carboxylic acids is 2. The minimum absolute atomic E-state index is 0.0714. The molecule has 0 spiro atoms. The van der Waals surface area contributed by atoms with Gasteiger partial charge in [0.05, 0.1) is 24.5 Å². The lowest BCUT2D eigenvalue weighted by Gasteiger charge is -2.21. The topological polar surface area (TPSA) is 76.5 Å². The van der Waals surface area contributed by atoms with Crippen LogP contribution in [0.1, 0.15) is 45.4 Å². The molecule has 0 aliphatic carbocycles. The smallest absolute Gasteiger partial charge is 0.249 e. The Morgan fingerprint density at radius 2 is 1.77 bits per heavy atom. The number of rotatable bonds is 10. The third kappa shape index (κ3) is 7.67. The number of hydrogen-bond donors (Lipinski definition) is 1. The molecule has 0 fully saturated rings. The van der Waals surface area contributed by atoms with Crippen LogP contribution in [0.3, 0.4) is 0 Å². The highest BCUT2D eigenvalue weighted by molar-refractivity contribution is 6.30. The molecule has 1 N–H and O–H groups in total. The molecule has 0 aliphatic heterocycles. The Kier molecular flexibility index (Phi) is 9.07. The number of nitrogens with zero attached hydrogens (tertiary/aromatic N) is 3. The van der Waals surface area contributed by atoms with Gasteiger partial charge in [0.2, 0.25) is 11.8 Å². The van der Waals surface area contributed by atoms with Gasteiger partial charge >= 0.3 is 0 Å². The SMILES string of the molecule is CCCN(CC(=O)Nc1cc(C(C)(C)C)nn1-c1ccc(Cl)cc1)C(=O)COCc1ccccc1. The first-order valence-electron chi connectivity index (χ1n) is 11.7. The van der Waals surface area contributed by atoms with Gasteiger partial charge < -0.3 is 15.0 Å². The minimum atomic E-state index is -0.301. The highest BCUT2D eigenvalue weighted by Gasteiger charge is 2.23. The van der Waals surface area contributed by atoms with Crippen LogP contribution in [0.4, 0.5) is 5.82 Å². The molecule has 0 bridgehead atoms. The van der Waals surface area contributed by atoms with Crippen molar-refractivity contribution in [2.24, 2.45) is 0 Å². The number of amides is 2. The third-order valence-corrected chi connectivity index (χ3v) is 5.59. The molecule has 186 valence electrons. The summed E-state index contributed by atoms with van der Waals surface area (Å²) in [5.41, 5.74) is 2.39. The minimum Gasteiger partial charge on any atom is -0.367 e. The van der Waals surface area contributed by atoms with Crippen molar-refractivity contribution in [3.63, 3.8) is 0 Å². The summed E-state index contributed by atoms with van der Waals surface area (Å²) in [7, 11) is 0. The van der Waals surface area contributed by atoms with E-state index in [4.69, 9.17) is 21.4 Å². The number of hydrogen-bond acceptors (Lipinski definition) is 4. The highest BCUT2D eigenvalue weighted by Crippen LogP contribution is 2.26. The quantitative estimate of drug-likeness (QED) is 0.417. The molecule has 3 rings (SSSR count). The van der Waals surface area contributed by atoms with Gasteiger partial charge in [-0.2, -0.15) is 5.10 Å².